The Morgan fingerprint density at radius 3 is 2.32 bits per heavy atom. The monoisotopic (exact) mass is 501 g/mol. The first-order valence-corrected chi connectivity index (χ1v) is 13.7. The Morgan fingerprint density at radius 2 is 1.62 bits per heavy atom. The molecule has 0 atom stereocenters. The van der Waals surface area contributed by atoms with Gasteiger partial charge in [-0.05, 0) is 68.7 Å². The van der Waals surface area contributed by atoms with Crippen LogP contribution in [0.25, 0.3) is 10.9 Å². The van der Waals surface area contributed by atoms with Gasteiger partial charge in [-0.15, -0.1) is 0 Å². The number of para-hydroxylation sites is 1. The molecule has 7 nitrogen and oxygen atoms in total. The van der Waals surface area contributed by atoms with E-state index in [2.05, 4.69) is 27.9 Å². The zero-order chi connectivity index (χ0) is 24.1. The van der Waals surface area contributed by atoms with Crippen molar-refractivity contribution in [1.29, 1.82) is 0 Å². The third kappa shape index (κ3) is 5.79. The van der Waals surface area contributed by atoms with E-state index in [4.69, 9.17) is 21.6 Å². The second-order valence-corrected chi connectivity index (χ2v) is 11.1. The van der Waals surface area contributed by atoms with Crippen LogP contribution < -0.4 is 14.9 Å². The number of hydrogen-bond donors (Lipinski definition) is 2. The average molecular weight is 502 g/mol. The Labute approximate surface area is 207 Å². The lowest BCUT2D eigenvalue weighted by molar-refractivity contribution is 0.284. The van der Waals surface area contributed by atoms with Crippen molar-refractivity contribution in [1.82, 2.24) is 14.7 Å². The van der Waals surface area contributed by atoms with E-state index in [-0.39, 0.29) is 9.92 Å². The molecule has 0 aliphatic heterocycles. The van der Waals surface area contributed by atoms with Crippen LogP contribution in [0.1, 0.15) is 32.6 Å². The predicted octanol–water partition coefficient (Wildman–Crippen LogP) is 4.94. The van der Waals surface area contributed by atoms with Gasteiger partial charge in [0.05, 0.1) is 10.5 Å². The molecule has 1 aliphatic carbocycles. The maximum Gasteiger partial charge on any atom is 0.242 e. The van der Waals surface area contributed by atoms with Crippen LogP contribution in [0.2, 0.25) is 5.02 Å². The predicted molar refractivity (Wildman–Crippen MR) is 139 cm³/mol. The molecule has 1 fully saturated rings. The van der Waals surface area contributed by atoms with Gasteiger partial charge < -0.3 is 10.2 Å². The Morgan fingerprint density at radius 1 is 0.971 bits per heavy atom. The molecule has 0 radical (unpaired) electrons. The fourth-order valence-electron chi connectivity index (χ4n) is 4.42. The summed E-state index contributed by atoms with van der Waals surface area (Å²) in [5.41, 5.74) is 0.935. The van der Waals surface area contributed by atoms with Crippen molar-refractivity contribution in [2.45, 2.75) is 37.5 Å². The average Bonchev–Trinajstić information content (AvgIpc) is 2.86. The molecule has 0 bridgehead atoms. The summed E-state index contributed by atoms with van der Waals surface area (Å²) in [6, 6.07) is 14.6. The van der Waals surface area contributed by atoms with Gasteiger partial charge in [0.15, 0.2) is 0 Å². The molecule has 2 aromatic carbocycles. The molecule has 2 N–H and O–H groups in total. The summed E-state index contributed by atoms with van der Waals surface area (Å²) in [7, 11) is -1.55. The van der Waals surface area contributed by atoms with Crippen molar-refractivity contribution >= 4 is 44.3 Å². The van der Waals surface area contributed by atoms with Gasteiger partial charge in [0.2, 0.25) is 16.0 Å². The summed E-state index contributed by atoms with van der Waals surface area (Å²) in [4.78, 5) is 11.8. The van der Waals surface area contributed by atoms with Gasteiger partial charge in [-0.1, -0.05) is 35.9 Å². The van der Waals surface area contributed by atoms with Crippen molar-refractivity contribution in [2.24, 2.45) is 11.8 Å². The Balaban J connectivity index is 1.30. The third-order valence-corrected chi connectivity index (χ3v) is 8.55. The number of sulfonamides is 1. The van der Waals surface area contributed by atoms with Crippen LogP contribution in [0.4, 0.5) is 11.8 Å². The number of fused-ring (bicyclic) bond motifs is 1. The highest BCUT2D eigenvalue weighted by Gasteiger charge is 2.24. The van der Waals surface area contributed by atoms with Crippen molar-refractivity contribution in [3.63, 3.8) is 0 Å². The Kier molecular flexibility index (Phi) is 7.91. The van der Waals surface area contributed by atoms with Crippen LogP contribution in [-0.4, -0.2) is 45.1 Å². The first-order valence-electron chi connectivity index (χ1n) is 11.8. The topological polar surface area (TPSA) is 87.2 Å². The molecule has 9 heteroatoms. The molecule has 182 valence electrons. The lowest BCUT2D eigenvalue weighted by Gasteiger charge is -2.29. The molecule has 4 rings (SSSR count). The second kappa shape index (κ2) is 10.9. The van der Waals surface area contributed by atoms with Crippen molar-refractivity contribution in [2.75, 3.05) is 36.9 Å². The van der Waals surface area contributed by atoms with Crippen molar-refractivity contribution < 1.29 is 8.42 Å². The van der Waals surface area contributed by atoms with E-state index in [0.29, 0.717) is 24.3 Å². The Hall–Kier alpha value is -2.42. The standard InChI is InChI=1S/C25H32ClN5O2S/c1-3-31(2)24-20-8-4-6-10-22(20)29-25(30-24)27-16-18-12-14-19(15-13-18)17-28-34(32,33)23-11-7-5-9-21(23)26/h4-11,18-19,28H,3,12-17H2,1-2H3,(H,27,29,30). The molecular formula is C25H32ClN5O2S. The van der Waals surface area contributed by atoms with Crippen molar-refractivity contribution in [3.05, 3.63) is 53.6 Å². The smallest absolute Gasteiger partial charge is 0.242 e. The molecule has 1 aromatic heterocycles. The highest BCUT2D eigenvalue weighted by Crippen LogP contribution is 2.30. The van der Waals surface area contributed by atoms with Gasteiger partial charge in [0, 0.05) is 32.1 Å². The van der Waals surface area contributed by atoms with Gasteiger partial charge in [-0.25, -0.2) is 18.1 Å². The van der Waals surface area contributed by atoms with Gasteiger partial charge in [0.1, 0.15) is 10.7 Å². The quantitative estimate of drug-likeness (QED) is 0.432. The number of nitrogens with zero attached hydrogens (tertiary/aromatic N) is 3. The number of hydrogen-bond acceptors (Lipinski definition) is 6. The molecule has 0 saturated heterocycles. The fourth-order valence-corrected chi connectivity index (χ4v) is 6.06. The number of rotatable bonds is 9. The lowest BCUT2D eigenvalue weighted by Crippen LogP contribution is -2.32. The molecule has 0 unspecified atom stereocenters. The highest BCUT2D eigenvalue weighted by atomic mass is 35.5. The van der Waals surface area contributed by atoms with E-state index in [9.17, 15) is 8.42 Å². The minimum atomic E-state index is -3.60. The van der Waals surface area contributed by atoms with Gasteiger partial charge in [-0.2, -0.15) is 4.98 Å². The summed E-state index contributed by atoms with van der Waals surface area (Å²) >= 11 is 6.06. The number of nitrogens with one attached hydrogen (secondary N) is 2. The molecular weight excluding hydrogens is 470 g/mol. The summed E-state index contributed by atoms with van der Waals surface area (Å²) in [5.74, 6) is 2.43. The summed E-state index contributed by atoms with van der Waals surface area (Å²) in [6.07, 6.45) is 4.06. The van der Waals surface area contributed by atoms with Gasteiger partial charge in [-0.3, -0.25) is 0 Å². The number of anilines is 2. The maximum atomic E-state index is 12.6. The lowest BCUT2D eigenvalue weighted by atomic mass is 9.82. The number of aromatic nitrogens is 2. The van der Waals surface area contributed by atoms with Crippen LogP contribution in [0, 0.1) is 11.8 Å². The van der Waals surface area contributed by atoms with Crippen LogP contribution in [0.3, 0.4) is 0 Å². The van der Waals surface area contributed by atoms with E-state index in [1.165, 1.54) is 6.07 Å². The molecule has 1 heterocycles. The first-order chi connectivity index (χ1) is 16.4. The van der Waals surface area contributed by atoms with Crippen LogP contribution in [-0.2, 0) is 10.0 Å². The largest absolute Gasteiger partial charge is 0.359 e. The minimum Gasteiger partial charge on any atom is -0.359 e. The van der Waals surface area contributed by atoms with Crippen LogP contribution in [0.5, 0.6) is 0 Å². The van der Waals surface area contributed by atoms with E-state index in [0.717, 1.165) is 55.5 Å². The molecule has 34 heavy (non-hydrogen) atoms. The second-order valence-electron chi connectivity index (χ2n) is 8.95. The molecule has 1 saturated carbocycles. The number of halogens is 1. The molecule has 0 amide bonds. The van der Waals surface area contributed by atoms with E-state index < -0.39 is 10.0 Å². The van der Waals surface area contributed by atoms with Gasteiger partial charge in [0.25, 0.3) is 0 Å². The number of benzene rings is 2. The van der Waals surface area contributed by atoms with E-state index in [1.54, 1.807) is 18.2 Å². The van der Waals surface area contributed by atoms with Gasteiger partial charge >= 0.3 is 0 Å². The summed E-state index contributed by atoms with van der Waals surface area (Å²) < 4.78 is 27.9. The highest BCUT2D eigenvalue weighted by molar-refractivity contribution is 7.89. The zero-order valence-corrected chi connectivity index (χ0v) is 21.2. The van der Waals surface area contributed by atoms with Crippen LogP contribution >= 0.6 is 11.6 Å². The molecule has 0 spiro atoms. The third-order valence-electron chi connectivity index (χ3n) is 6.62. The van der Waals surface area contributed by atoms with Crippen LogP contribution in [0.15, 0.2) is 53.4 Å². The van der Waals surface area contributed by atoms with E-state index in [1.807, 2.05) is 25.2 Å². The fraction of sp³-hybridized carbons (Fsp3) is 0.440. The van der Waals surface area contributed by atoms with E-state index >= 15 is 0 Å². The SMILES string of the molecule is CCN(C)c1nc(NCC2CCC(CNS(=O)(=O)c3ccccc3Cl)CC2)nc2ccccc12. The maximum absolute atomic E-state index is 12.6. The normalized spacial score (nSPS) is 18.7. The Bertz CT molecular complexity index is 1230. The zero-order valence-electron chi connectivity index (χ0n) is 19.7. The van der Waals surface area contributed by atoms with Crippen molar-refractivity contribution in [3.8, 4) is 0 Å². The summed E-state index contributed by atoms with van der Waals surface area (Å²) in [5, 5.41) is 4.75. The first kappa shape index (κ1) is 24.7. The minimum absolute atomic E-state index is 0.137. The molecule has 3 aromatic rings. The molecule has 1 aliphatic rings. The summed E-state index contributed by atoms with van der Waals surface area (Å²) in [6.45, 7) is 4.22.